The molecule has 0 spiro atoms. The van der Waals surface area contributed by atoms with Gasteiger partial charge in [0.25, 0.3) is 0 Å². The van der Waals surface area contributed by atoms with Gasteiger partial charge in [0.1, 0.15) is 5.60 Å². The lowest BCUT2D eigenvalue weighted by Gasteiger charge is -2.37. The van der Waals surface area contributed by atoms with E-state index in [0.29, 0.717) is 0 Å². The van der Waals surface area contributed by atoms with Crippen molar-refractivity contribution in [2.75, 3.05) is 0 Å². The molecule has 0 radical (unpaired) electrons. The molecule has 0 amide bonds. The first-order chi connectivity index (χ1) is 7.69. The van der Waals surface area contributed by atoms with Gasteiger partial charge in [-0.2, -0.15) is 5.10 Å². The van der Waals surface area contributed by atoms with E-state index >= 15 is 0 Å². The molecule has 3 heteroatoms. The number of hydrogen-bond acceptors (Lipinski definition) is 2. The summed E-state index contributed by atoms with van der Waals surface area (Å²) in [5.41, 5.74) is 0.384. The maximum absolute atomic E-state index is 10.8. The van der Waals surface area contributed by atoms with Crippen LogP contribution in [0.4, 0.5) is 0 Å². The number of aryl methyl sites for hydroxylation is 1. The lowest BCUT2D eigenvalue weighted by Crippen LogP contribution is -2.35. The summed E-state index contributed by atoms with van der Waals surface area (Å²) in [5, 5.41) is 15.0. The van der Waals surface area contributed by atoms with E-state index in [1.54, 1.807) is 6.20 Å². The molecule has 2 aliphatic rings. The maximum Gasteiger partial charge on any atom is 0.106 e. The van der Waals surface area contributed by atoms with Crippen molar-refractivity contribution < 1.29 is 5.11 Å². The summed E-state index contributed by atoms with van der Waals surface area (Å²) in [5.74, 6) is 1.65. The number of rotatable bonds is 2. The minimum atomic E-state index is -0.614. The third kappa shape index (κ3) is 1.67. The molecular formula is C13H20N2O. The van der Waals surface area contributed by atoms with Gasteiger partial charge in [0.2, 0.25) is 0 Å². The molecule has 1 heterocycles. The van der Waals surface area contributed by atoms with Crippen molar-refractivity contribution in [3.05, 3.63) is 18.0 Å². The Balaban J connectivity index is 1.83. The highest BCUT2D eigenvalue weighted by atomic mass is 16.3. The van der Waals surface area contributed by atoms with Crippen LogP contribution in [-0.2, 0) is 12.6 Å². The van der Waals surface area contributed by atoms with E-state index in [4.69, 9.17) is 0 Å². The minimum absolute atomic E-state index is 0.614. The largest absolute Gasteiger partial charge is 0.384 e. The molecule has 2 unspecified atom stereocenters. The molecule has 3 nitrogen and oxygen atoms in total. The molecule has 16 heavy (non-hydrogen) atoms. The van der Waals surface area contributed by atoms with E-state index in [1.807, 2.05) is 17.8 Å². The smallest absolute Gasteiger partial charge is 0.106 e. The molecule has 1 aromatic heterocycles. The molecule has 2 atom stereocenters. The van der Waals surface area contributed by atoms with Gasteiger partial charge in [0.05, 0.1) is 5.69 Å². The summed E-state index contributed by atoms with van der Waals surface area (Å²) in [6, 6.07) is 1.97. The molecule has 1 aromatic rings. The van der Waals surface area contributed by atoms with Crippen LogP contribution in [0.1, 0.15) is 44.2 Å². The molecule has 0 bridgehead atoms. The Bertz CT molecular complexity index is 383. The average Bonchev–Trinajstić information content (AvgIpc) is 3.01. The second kappa shape index (κ2) is 3.59. The van der Waals surface area contributed by atoms with Gasteiger partial charge in [-0.3, -0.25) is 4.68 Å². The lowest BCUT2D eigenvalue weighted by atomic mass is 9.74. The standard InChI is InChI=1S/C13H20N2O/c1-15-12(6-8-14-15)13(16)7-2-3-11(9-13)10-4-5-10/h6,8,10-11,16H,2-5,7,9H2,1H3. The number of aromatic nitrogens is 2. The Morgan fingerprint density at radius 1 is 1.38 bits per heavy atom. The van der Waals surface area contributed by atoms with Crippen molar-refractivity contribution in [1.29, 1.82) is 0 Å². The fourth-order valence-corrected chi connectivity index (χ4v) is 3.33. The van der Waals surface area contributed by atoms with Crippen LogP contribution in [0.2, 0.25) is 0 Å². The van der Waals surface area contributed by atoms with Crippen LogP contribution in [0.3, 0.4) is 0 Å². The van der Waals surface area contributed by atoms with Crippen LogP contribution in [-0.4, -0.2) is 14.9 Å². The quantitative estimate of drug-likeness (QED) is 0.829. The van der Waals surface area contributed by atoms with Crippen molar-refractivity contribution in [2.24, 2.45) is 18.9 Å². The Hall–Kier alpha value is -0.830. The molecule has 3 rings (SSSR count). The summed E-state index contributed by atoms with van der Waals surface area (Å²) >= 11 is 0. The molecule has 2 fully saturated rings. The van der Waals surface area contributed by atoms with Gasteiger partial charge in [-0.15, -0.1) is 0 Å². The van der Waals surface area contributed by atoms with Crippen molar-refractivity contribution in [3.8, 4) is 0 Å². The molecule has 88 valence electrons. The fourth-order valence-electron chi connectivity index (χ4n) is 3.33. The monoisotopic (exact) mass is 220 g/mol. The molecule has 0 aliphatic heterocycles. The molecule has 0 aromatic carbocycles. The van der Waals surface area contributed by atoms with Crippen LogP contribution >= 0.6 is 0 Å². The molecular weight excluding hydrogens is 200 g/mol. The van der Waals surface area contributed by atoms with E-state index < -0.39 is 5.60 Å². The molecule has 2 saturated carbocycles. The van der Waals surface area contributed by atoms with Gasteiger partial charge >= 0.3 is 0 Å². The SMILES string of the molecule is Cn1nccc1C1(O)CCCC(C2CC2)C1. The number of hydrogen-bond donors (Lipinski definition) is 1. The summed E-state index contributed by atoms with van der Waals surface area (Å²) in [6.45, 7) is 0. The van der Waals surface area contributed by atoms with E-state index in [1.165, 1.54) is 19.3 Å². The highest BCUT2D eigenvalue weighted by Gasteiger charge is 2.42. The van der Waals surface area contributed by atoms with E-state index in [2.05, 4.69) is 5.10 Å². The van der Waals surface area contributed by atoms with Crippen molar-refractivity contribution >= 4 is 0 Å². The minimum Gasteiger partial charge on any atom is -0.384 e. The third-order valence-corrected chi connectivity index (χ3v) is 4.35. The summed E-state index contributed by atoms with van der Waals surface area (Å²) < 4.78 is 1.83. The molecule has 1 N–H and O–H groups in total. The van der Waals surface area contributed by atoms with Gasteiger partial charge in [0.15, 0.2) is 0 Å². The Kier molecular flexibility index (Phi) is 2.32. The maximum atomic E-state index is 10.8. The average molecular weight is 220 g/mol. The zero-order chi connectivity index (χ0) is 11.2. The topological polar surface area (TPSA) is 38.0 Å². The van der Waals surface area contributed by atoms with Crippen LogP contribution < -0.4 is 0 Å². The Morgan fingerprint density at radius 3 is 2.81 bits per heavy atom. The Morgan fingerprint density at radius 2 is 2.19 bits per heavy atom. The molecule has 2 aliphatic carbocycles. The van der Waals surface area contributed by atoms with Gasteiger partial charge in [-0.05, 0) is 56.4 Å². The van der Waals surface area contributed by atoms with Gasteiger partial charge in [-0.25, -0.2) is 0 Å². The second-order valence-corrected chi connectivity index (χ2v) is 5.57. The van der Waals surface area contributed by atoms with E-state index in [0.717, 1.165) is 36.8 Å². The van der Waals surface area contributed by atoms with Crippen molar-refractivity contribution in [2.45, 2.75) is 44.1 Å². The third-order valence-electron chi connectivity index (χ3n) is 4.35. The van der Waals surface area contributed by atoms with E-state index in [-0.39, 0.29) is 0 Å². The van der Waals surface area contributed by atoms with Crippen LogP contribution in [0.15, 0.2) is 12.3 Å². The number of nitrogens with zero attached hydrogens (tertiary/aromatic N) is 2. The summed E-state index contributed by atoms with van der Waals surface area (Å²) in [7, 11) is 1.92. The number of aliphatic hydroxyl groups is 1. The fraction of sp³-hybridized carbons (Fsp3) is 0.769. The normalized spacial score (nSPS) is 35.2. The lowest BCUT2D eigenvalue weighted by molar-refractivity contribution is -0.0316. The van der Waals surface area contributed by atoms with Crippen LogP contribution in [0.5, 0.6) is 0 Å². The van der Waals surface area contributed by atoms with Gasteiger partial charge < -0.3 is 5.11 Å². The van der Waals surface area contributed by atoms with Gasteiger partial charge in [-0.1, -0.05) is 0 Å². The van der Waals surface area contributed by atoms with Crippen molar-refractivity contribution in [1.82, 2.24) is 9.78 Å². The zero-order valence-electron chi connectivity index (χ0n) is 9.89. The van der Waals surface area contributed by atoms with E-state index in [9.17, 15) is 5.11 Å². The first kappa shape index (κ1) is 10.3. The Labute approximate surface area is 96.5 Å². The second-order valence-electron chi connectivity index (χ2n) is 5.57. The first-order valence-corrected chi connectivity index (χ1v) is 6.40. The van der Waals surface area contributed by atoms with Gasteiger partial charge in [0, 0.05) is 13.2 Å². The predicted octanol–water partition coefficient (Wildman–Crippen LogP) is 2.21. The first-order valence-electron chi connectivity index (χ1n) is 6.40. The predicted molar refractivity (Wildman–Crippen MR) is 61.8 cm³/mol. The highest BCUT2D eigenvalue weighted by Crippen LogP contribution is 2.49. The summed E-state index contributed by atoms with van der Waals surface area (Å²) in [6.07, 6.45) is 8.85. The zero-order valence-corrected chi connectivity index (χ0v) is 9.89. The molecule has 0 saturated heterocycles. The highest BCUT2D eigenvalue weighted by molar-refractivity contribution is 5.13. The van der Waals surface area contributed by atoms with Crippen molar-refractivity contribution in [3.63, 3.8) is 0 Å². The van der Waals surface area contributed by atoms with Crippen LogP contribution in [0.25, 0.3) is 0 Å². The van der Waals surface area contributed by atoms with Crippen LogP contribution in [0, 0.1) is 11.8 Å². The summed E-state index contributed by atoms with van der Waals surface area (Å²) in [4.78, 5) is 0.